The third-order valence-corrected chi connectivity index (χ3v) is 9.10. The Hall–Kier alpha value is -3.43. The number of nitrogens with zero attached hydrogens (tertiary/aromatic N) is 5. The summed E-state index contributed by atoms with van der Waals surface area (Å²) in [5.41, 5.74) is 10.6. The number of carbonyl (C=O) groups excluding carboxylic acids is 1. The van der Waals surface area contributed by atoms with Gasteiger partial charge < -0.3 is 29.2 Å². The molecule has 2 unspecified atom stereocenters. The number of aryl methyl sites for hydroxylation is 1. The third kappa shape index (κ3) is 3.34. The van der Waals surface area contributed by atoms with Gasteiger partial charge in [0.25, 0.3) is 5.91 Å². The Morgan fingerprint density at radius 1 is 1.18 bits per heavy atom. The van der Waals surface area contributed by atoms with Crippen LogP contribution in [0.2, 0.25) is 0 Å². The van der Waals surface area contributed by atoms with Crippen molar-refractivity contribution < 1.29 is 14.3 Å². The smallest absolute Gasteiger partial charge is 0.254 e. The van der Waals surface area contributed by atoms with Crippen LogP contribution in [0.25, 0.3) is 33.6 Å². The van der Waals surface area contributed by atoms with Crippen molar-refractivity contribution in [3.8, 4) is 17.3 Å². The molecule has 198 valence electrons. The highest BCUT2D eigenvalue weighted by Gasteiger charge is 2.47. The van der Waals surface area contributed by atoms with E-state index >= 15 is 0 Å². The molecule has 0 radical (unpaired) electrons. The maximum absolute atomic E-state index is 13.7. The third-order valence-electron chi connectivity index (χ3n) is 9.10. The quantitative estimate of drug-likeness (QED) is 0.418. The summed E-state index contributed by atoms with van der Waals surface area (Å²) in [5.74, 6) is 1.94. The number of aromatic nitrogens is 4. The van der Waals surface area contributed by atoms with Gasteiger partial charge in [0.15, 0.2) is 5.82 Å². The Morgan fingerprint density at radius 2 is 2.03 bits per heavy atom. The fraction of sp³-hybridized carbons (Fsp3) is 0.483. The van der Waals surface area contributed by atoms with Crippen molar-refractivity contribution >= 4 is 28.0 Å². The molecule has 3 aliphatic rings. The number of pyridine rings is 1. The van der Waals surface area contributed by atoms with Gasteiger partial charge in [-0.15, -0.1) is 0 Å². The van der Waals surface area contributed by atoms with Crippen LogP contribution < -0.4 is 10.5 Å². The maximum Gasteiger partial charge on any atom is 0.254 e. The summed E-state index contributed by atoms with van der Waals surface area (Å²) in [6, 6.07) is 10.4. The number of hydrogen-bond acceptors (Lipinski definition) is 6. The first-order chi connectivity index (χ1) is 18.5. The average molecular weight is 515 g/mol. The molecule has 4 heterocycles. The fourth-order valence-electron chi connectivity index (χ4n) is 6.99. The Labute approximate surface area is 221 Å². The van der Waals surface area contributed by atoms with E-state index < -0.39 is 0 Å². The van der Waals surface area contributed by atoms with Gasteiger partial charge in [-0.05, 0) is 68.9 Å². The van der Waals surface area contributed by atoms with Gasteiger partial charge in [0.05, 0.1) is 24.4 Å². The molecule has 38 heavy (non-hydrogen) atoms. The number of likely N-dealkylation sites (tertiary alicyclic amines) is 1. The second-order valence-electron chi connectivity index (χ2n) is 11.0. The predicted molar refractivity (Wildman–Crippen MR) is 145 cm³/mol. The predicted octanol–water partition coefficient (Wildman–Crippen LogP) is 3.99. The van der Waals surface area contributed by atoms with E-state index in [0.717, 1.165) is 72.4 Å². The van der Waals surface area contributed by atoms with Crippen molar-refractivity contribution in [1.29, 1.82) is 0 Å². The highest BCUT2D eigenvalue weighted by atomic mass is 16.5. The summed E-state index contributed by atoms with van der Waals surface area (Å²) in [6.07, 6.45) is 5.94. The molecular formula is C29H34N6O3. The van der Waals surface area contributed by atoms with E-state index in [4.69, 9.17) is 20.2 Å². The number of nitrogens with two attached hydrogens (primary N) is 1. The van der Waals surface area contributed by atoms with Gasteiger partial charge in [0, 0.05) is 55.5 Å². The average Bonchev–Trinajstić information content (AvgIpc) is 3.66. The molecule has 0 spiro atoms. The number of hydrogen-bond donors (Lipinski definition) is 1. The van der Waals surface area contributed by atoms with Gasteiger partial charge in [0.1, 0.15) is 16.9 Å². The molecule has 1 aliphatic heterocycles. The van der Waals surface area contributed by atoms with Crippen LogP contribution in [0.3, 0.4) is 0 Å². The number of benzene rings is 1. The second kappa shape index (κ2) is 8.81. The largest absolute Gasteiger partial charge is 0.494 e. The minimum absolute atomic E-state index is 0.0129. The molecule has 1 aromatic carbocycles. The van der Waals surface area contributed by atoms with E-state index in [-0.39, 0.29) is 30.1 Å². The lowest BCUT2D eigenvalue weighted by atomic mass is 9.88. The summed E-state index contributed by atoms with van der Waals surface area (Å²) in [4.78, 5) is 25.5. The van der Waals surface area contributed by atoms with Crippen LogP contribution in [0.15, 0.2) is 36.5 Å². The molecule has 3 aromatic heterocycles. The zero-order chi connectivity index (χ0) is 26.1. The van der Waals surface area contributed by atoms with Crippen molar-refractivity contribution in [2.45, 2.75) is 63.4 Å². The SMILES string of the molecule is CCn1c(-c2nc3cc(C(=O)N4C[C@H]5CCC4C5N)cc(OC)c3n2C2CC(OC)C2)cc2cccnc21. The lowest BCUT2D eigenvalue weighted by Gasteiger charge is -2.36. The molecule has 9 nitrogen and oxygen atoms in total. The molecule has 3 atom stereocenters. The summed E-state index contributed by atoms with van der Waals surface area (Å²) in [5, 5.41) is 1.08. The zero-order valence-electron chi connectivity index (χ0n) is 22.1. The standard InChI is InChI=1S/C29H34N6O3/c1-4-33-23(11-16-6-5-9-31-27(16)33)28-32-21-10-18(29(36)34-15-17-7-8-22(34)25(17)30)12-24(38-3)26(21)35(28)19-13-20(14-19)37-2/h5-6,9-12,17,19-20,22,25H,4,7-8,13-15,30H2,1-3H3/t17-,19?,20?,22?,25?/m1/s1. The van der Waals surface area contributed by atoms with Crippen LogP contribution in [-0.4, -0.2) is 68.9 Å². The Bertz CT molecular complexity index is 1550. The monoisotopic (exact) mass is 514 g/mol. The van der Waals surface area contributed by atoms with Crippen molar-refractivity contribution in [3.05, 3.63) is 42.1 Å². The summed E-state index contributed by atoms with van der Waals surface area (Å²) in [6.45, 7) is 3.62. The molecule has 4 aromatic rings. The van der Waals surface area contributed by atoms with Gasteiger partial charge in [-0.2, -0.15) is 0 Å². The van der Waals surface area contributed by atoms with Gasteiger partial charge in [-0.25, -0.2) is 9.97 Å². The van der Waals surface area contributed by atoms with Gasteiger partial charge >= 0.3 is 0 Å². The van der Waals surface area contributed by atoms with Gasteiger partial charge in [-0.3, -0.25) is 4.79 Å². The van der Waals surface area contributed by atoms with E-state index in [2.05, 4.69) is 33.2 Å². The van der Waals surface area contributed by atoms with Gasteiger partial charge in [-0.1, -0.05) is 0 Å². The number of amides is 1. The molecule has 1 amide bonds. The molecule has 2 aliphatic carbocycles. The van der Waals surface area contributed by atoms with Crippen LogP contribution in [0.5, 0.6) is 5.75 Å². The molecule has 7 rings (SSSR count). The highest BCUT2D eigenvalue weighted by molar-refractivity contribution is 6.00. The first-order valence-electron chi connectivity index (χ1n) is 13.7. The highest BCUT2D eigenvalue weighted by Crippen LogP contribution is 2.44. The van der Waals surface area contributed by atoms with E-state index in [9.17, 15) is 4.79 Å². The van der Waals surface area contributed by atoms with Crippen molar-refractivity contribution in [1.82, 2.24) is 24.0 Å². The topological polar surface area (TPSA) is 100 Å². The number of fused-ring (bicyclic) bond motifs is 4. The Morgan fingerprint density at radius 3 is 2.71 bits per heavy atom. The number of methoxy groups -OCH3 is 2. The van der Waals surface area contributed by atoms with Crippen LogP contribution in [0, 0.1) is 5.92 Å². The van der Waals surface area contributed by atoms with E-state index in [1.807, 2.05) is 29.3 Å². The normalized spacial score (nSPS) is 26.4. The van der Waals surface area contributed by atoms with Crippen LogP contribution in [-0.2, 0) is 11.3 Å². The van der Waals surface area contributed by atoms with Crippen LogP contribution in [0.4, 0.5) is 0 Å². The van der Waals surface area contributed by atoms with Crippen LogP contribution >= 0.6 is 0 Å². The van der Waals surface area contributed by atoms with Crippen molar-refractivity contribution in [3.63, 3.8) is 0 Å². The maximum atomic E-state index is 13.7. The molecule has 2 bridgehead atoms. The van der Waals surface area contributed by atoms with Crippen molar-refractivity contribution in [2.75, 3.05) is 20.8 Å². The number of rotatable bonds is 6. The molecule has 2 N–H and O–H groups in total. The Kier molecular flexibility index (Phi) is 5.49. The van der Waals surface area contributed by atoms with E-state index in [1.54, 1.807) is 14.2 Å². The fourth-order valence-corrected chi connectivity index (χ4v) is 6.99. The number of imidazole rings is 1. The van der Waals surface area contributed by atoms with E-state index in [1.165, 1.54) is 0 Å². The summed E-state index contributed by atoms with van der Waals surface area (Å²) >= 11 is 0. The first-order valence-corrected chi connectivity index (χ1v) is 13.7. The summed E-state index contributed by atoms with van der Waals surface area (Å²) in [7, 11) is 3.43. The van der Waals surface area contributed by atoms with Crippen LogP contribution in [0.1, 0.15) is 49.0 Å². The minimum atomic E-state index is 0.0129. The molecule has 3 fully saturated rings. The van der Waals surface area contributed by atoms with Crippen molar-refractivity contribution in [2.24, 2.45) is 11.7 Å². The molecule has 9 heteroatoms. The number of ether oxygens (including phenoxy) is 2. The molecule has 1 saturated heterocycles. The molecule has 2 saturated carbocycles. The number of piperidine rings is 1. The first kappa shape index (κ1) is 23.7. The zero-order valence-corrected chi connectivity index (χ0v) is 22.1. The molecular weight excluding hydrogens is 480 g/mol. The number of carbonyl (C=O) groups is 1. The van der Waals surface area contributed by atoms with E-state index in [0.29, 0.717) is 17.2 Å². The minimum Gasteiger partial charge on any atom is -0.494 e. The summed E-state index contributed by atoms with van der Waals surface area (Å²) < 4.78 is 16.1. The Balaban J connectivity index is 1.40. The lowest BCUT2D eigenvalue weighted by molar-refractivity contribution is 0.00771. The second-order valence-corrected chi connectivity index (χ2v) is 11.0. The van der Waals surface area contributed by atoms with Gasteiger partial charge in [0.2, 0.25) is 0 Å². The lowest BCUT2D eigenvalue weighted by Crippen LogP contribution is -2.41.